The maximum absolute atomic E-state index is 12.4. The van der Waals surface area contributed by atoms with Crippen LogP contribution in [0.5, 0.6) is 0 Å². The number of benzene rings is 2. The number of nitrogens with one attached hydrogen (secondary N) is 4. The molecule has 0 aromatic heterocycles. The number of nitrogens with two attached hydrogens (primary N) is 2. The Labute approximate surface area is 271 Å². The topological polar surface area (TPSA) is 260 Å². The lowest BCUT2D eigenvalue weighted by atomic mass is 10.00. The van der Waals surface area contributed by atoms with Crippen LogP contribution in [0.25, 0.3) is 0 Å². The minimum atomic E-state index is -1.18. The molecule has 0 aliphatic carbocycles. The molecule has 0 radical (unpaired) electrons. The average Bonchev–Trinajstić information content (AvgIpc) is 3.05. The quantitative estimate of drug-likeness (QED) is 0.0309. The number of amides is 2. The summed E-state index contributed by atoms with van der Waals surface area (Å²) in [5, 5.41) is 22.0. The van der Waals surface area contributed by atoms with Crippen LogP contribution in [-0.2, 0) is 35.2 Å². The van der Waals surface area contributed by atoms with Gasteiger partial charge in [0.05, 0.1) is 11.8 Å². The van der Waals surface area contributed by atoms with Gasteiger partial charge in [-0.15, -0.1) is 0 Å². The molecule has 15 nitrogen and oxygen atoms in total. The molecule has 0 spiro atoms. The maximum Gasteiger partial charge on any atom is 0.320 e. The molecule has 2 unspecified atom stereocenters. The molecular weight excluding hydrogens is 620 g/mol. The Kier molecular flexibility index (Phi) is 23.3. The zero-order valence-electron chi connectivity index (χ0n) is 25.5. The van der Waals surface area contributed by atoms with Gasteiger partial charge in [0.1, 0.15) is 25.2 Å². The van der Waals surface area contributed by atoms with Crippen LogP contribution >= 0.6 is 11.8 Å². The second-order valence-electron chi connectivity index (χ2n) is 9.25. The number of carboxylic acid groups (broad SMARTS) is 2. The van der Waals surface area contributed by atoms with E-state index < -0.39 is 36.5 Å². The van der Waals surface area contributed by atoms with Crippen LogP contribution in [0.3, 0.4) is 0 Å². The fourth-order valence-corrected chi connectivity index (χ4v) is 3.85. The van der Waals surface area contributed by atoms with Gasteiger partial charge in [0.2, 0.25) is 11.8 Å². The molecule has 2 rings (SSSR count). The Morgan fingerprint density at radius 1 is 0.935 bits per heavy atom. The van der Waals surface area contributed by atoms with E-state index in [-0.39, 0.29) is 30.3 Å². The Bertz CT molecular complexity index is 1230. The van der Waals surface area contributed by atoms with E-state index in [4.69, 9.17) is 21.7 Å². The van der Waals surface area contributed by atoms with Crippen LogP contribution in [0, 0.1) is 0 Å². The largest absolute Gasteiger partial charge is 0.480 e. The number of aldehydes is 2. The summed E-state index contributed by atoms with van der Waals surface area (Å²) in [6.07, 6.45) is 2.19. The van der Waals surface area contributed by atoms with Gasteiger partial charge in [-0.1, -0.05) is 54.6 Å². The van der Waals surface area contributed by atoms with Gasteiger partial charge in [-0.05, 0) is 25.5 Å². The third-order valence-electron chi connectivity index (χ3n) is 5.50. The van der Waals surface area contributed by atoms with Gasteiger partial charge < -0.3 is 41.9 Å². The van der Waals surface area contributed by atoms with Crippen molar-refractivity contribution in [3.8, 4) is 0 Å². The van der Waals surface area contributed by atoms with Crippen molar-refractivity contribution in [2.24, 2.45) is 11.5 Å². The average molecular weight is 663 g/mol. The molecule has 46 heavy (non-hydrogen) atoms. The van der Waals surface area contributed by atoms with Crippen molar-refractivity contribution >= 4 is 53.9 Å². The fraction of sp³-hybridized carbons (Fsp3) is 0.367. The van der Waals surface area contributed by atoms with Crippen molar-refractivity contribution in [2.75, 3.05) is 31.8 Å². The van der Waals surface area contributed by atoms with E-state index >= 15 is 0 Å². The number of thioether (sulfide) groups is 1. The second-order valence-corrected chi connectivity index (χ2v) is 10.4. The zero-order chi connectivity index (χ0) is 34.7. The van der Waals surface area contributed by atoms with Crippen molar-refractivity contribution in [1.29, 1.82) is 0 Å². The van der Waals surface area contributed by atoms with Crippen molar-refractivity contribution in [1.82, 2.24) is 21.5 Å². The molecule has 0 aliphatic rings. The molecule has 0 saturated carbocycles. The monoisotopic (exact) mass is 662 g/mol. The van der Waals surface area contributed by atoms with E-state index in [0.29, 0.717) is 42.7 Å². The van der Waals surface area contributed by atoms with Crippen molar-refractivity contribution in [3.63, 3.8) is 0 Å². The highest BCUT2D eigenvalue weighted by Crippen LogP contribution is 2.12. The van der Waals surface area contributed by atoms with Gasteiger partial charge >= 0.3 is 11.9 Å². The SMILES string of the molecule is CNCN.NC(CCC(=O)NNCC(=O)O)C(=O)O.O=CCCSCC(=O)NC(C=O)Cc1ccc(C(=O)c2ccccc2)cc1. The number of rotatable bonds is 19. The Balaban J connectivity index is 0.000000899. The van der Waals surface area contributed by atoms with Crippen LogP contribution in [0.1, 0.15) is 40.7 Å². The standard InChI is InChI=1S/C21H21NO4S.C7H13N3O5.C2H8N2/c23-11-4-12-27-15-20(25)22-19(14-24)13-16-7-9-18(10-8-16)21(26)17-5-2-1-3-6-17;8-4(7(14)15)1-2-5(11)10-9-3-6(12)13;1-4-2-3/h1-3,5-11,14,19H,4,12-13,15H2,(H,22,25);4,9H,1-3,8H2,(H,10,11)(H,12,13)(H,14,15);4H,2-3H2,1H3. The summed E-state index contributed by atoms with van der Waals surface area (Å²) >= 11 is 1.35. The van der Waals surface area contributed by atoms with E-state index in [2.05, 4.69) is 21.5 Å². The molecule has 2 aromatic rings. The molecule has 2 amide bonds. The first-order chi connectivity index (χ1) is 22.0. The molecule has 0 heterocycles. The second kappa shape index (κ2) is 25.8. The first-order valence-electron chi connectivity index (χ1n) is 14.0. The molecule has 16 heteroatoms. The molecule has 10 N–H and O–H groups in total. The van der Waals surface area contributed by atoms with Gasteiger partial charge in [-0.3, -0.25) is 29.4 Å². The smallest absolute Gasteiger partial charge is 0.320 e. The van der Waals surface area contributed by atoms with E-state index in [9.17, 15) is 33.6 Å². The minimum Gasteiger partial charge on any atom is -0.480 e. The van der Waals surface area contributed by atoms with Crippen LogP contribution in [0.4, 0.5) is 0 Å². The van der Waals surface area contributed by atoms with Crippen LogP contribution < -0.4 is 33.0 Å². The number of carbonyl (C=O) groups excluding carboxylic acids is 5. The molecule has 252 valence electrons. The lowest BCUT2D eigenvalue weighted by Gasteiger charge is -2.13. The van der Waals surface area contributed by atoms with Crippen LogP contribution in [0.15, 0.2) is 54.6 Å². The summed E-state index contributed by atoms with van der Waals surface area (Å²) < 4.78 is 0. The summed E-state index contributed by atoms with van der Waals surface area (Å²) in [6, 6.07) is 14.3. The normalized spacial score (nSPS) is 11.2. The van der Waals surface area contributed by atoms with Gasteiger partial charge in [-0.2, -0.15) is 11.8 Å². The van der Waals surface area contributed by atoms with E-state index in [1.807, 2.05) is 18.2 Å². The Morgan fingerprint density at radius 3 is 2.07 bits per heavy atom. The number of hydrazine groups is 1. The van der Waals surface area contributed by atoms with E-state index in [0.717, 1.165) is 11.8 Å². The number of hydrogen-bond donors (Lipinski definition) is 8. The van der Waals surface area contributed by atoms with Gasteiger partial charge in [0.15, 0.2) is 5.78 Å². The number of aliphatic carboxylic acids is 2. The number of ketones is 1. The summed E-state index contributed by atoms with van der Waals surface area (Å²) in [5.41, 5.74) is 16.4. The zero-order valence-corrected chi connectivity index (χ0v) is 26.3. The molecule has 2 atom stereocenters. The first-order valence-corrected chi connectivity index (χ1v) is 15.2. The third-order valence-corrected chi connectivity index (χ3v) is 6.49. The van der Waals surface area contributed by atoms with Crippen LogP contribution in [-0.4, -0.2) is 96.2 Å². The Hall–Kier alpha value is -4.48. The highest BCUT2D eigenvalue weighted by molar-refractivity contribution is 7.99. The summed E-state index contributed by atoms with van der Waals surface area (Å²) in [5.74, 6) is -2.30. The predicted octanol–water partition coefficient (Wildman–Crippen LogP) is -0.528. The summed E-state index contributed by atoms with van der Waals surface area (Å²) in [6.45, 7) is 0.163. The van der Waals surface area contributed by atoms with Gasteiger partial charge in [0.25, 0.3) is 0 Å². The molecular formula is C30H42N6O9S. The summed E-state index contributed by atoms with van der Waals surface area (Å²) in [7, 11) is 1.81. The van der Waals surface area contributed by atoms with Crippen molar-refractivity contribution < 1.29 is 43.8 Å². The highest BCUT2D eigenvalue weighted by atomic mass is 32.2. The lowest BCUT2D eigenvalue weighted by Crippen LogP contribution is -2.41. The number of hydrogen-bond acceptors (Lipinski definition) is 12. The molecule has 2 aromatic carbocycles. The minimum absolute atomic E-state index is 0.00405. The Morgan fingerprint density at radius 2 is 1.54 bits per heavy atom. The van der Waals surface area contributed by atoms with Crippen molar-refractivity contribution in [2.45, 2.75) is 37.8 Å². The van der Waals surface area contributed by atoms with Gasteiger partial charge in [0, 0.05) is 36.4 Å². The maximum atomic E-state index is 12.4. The lowest BCUT2D eigenvalue weighted by molar-refractivity contribution is -0.139. The highest BCUT2D eigenvalue weighted by Gasteiger charge is 2.14. The van der Waals surface area contributed by atoms with E-state index in [1.54, 1.807) is 43.4 Å². The van der Waals surface area contributed by atoms with Crippen molar-refractivity contribution in [3.05, 3.63) is 71.3 Å². The van der Waals surface area contributed by atoms with E-state index in [1.165, 1.54) is 11.8 Å². The fourth-order valence-electron chi connectivity index (χ4n) is 3.17. The molecule has 0 saturated heterocycles. The van der Waals surface area contributed by atoms with Gasteiger partial charge in [-0.25, -0.2) is 5.43 Å². The summed E-state index contributed by atoms with van der Waals surface area (Å²) in [4.78, 5) is 77.0. The first kappa shape index (κ1) is 41.5. The molecule has 0 fully saturated rings. The molecule has 0 bridgehead atoms. The predicted molar refractivity (Wildman–Crippen MR) is 173 cm³/mol. The van der Waals surface area contributed by atoms with Crippen LogP contribution in [0.2, 0.25) is 0 Å². The number of carbonyl (C=O) groups is 7. The number of carboxylic acids is 2. The third kappa shape index (κ3) is 20.5. The molecule has 0 aliphatic heterocycles.